The first-order valence-electron chi connectivity index (χ1n) is 8.51. The fourth-order valence-corrected chi connectivity index (χ4v) is 5.61. The Bertz CT molecular complexity index is 510. The standard InChI is InChI=1S/C15H27N3O3S/c16-12-8-13(9-12)17-22(20,21)14-6-3-7-18(10-14)15(19)11-4-1-2-5-11/h11-14,17H,1-10,16H2. The van der Waals surface area contributed by atoms with E-state index in [9.17, 15) is 13.2 Å². The number of piperidine rings is 1. The van der Waals surface area contributed by atoms with Gasteiger partial charge in [-0.25, -0.2) is 13.1 Å². The fraction of sp³-hybridized carbons (Fsp3) is 0.933. The first-order chi connectivity index (χ1) is 10.5. The maximum Gasteiger partial charge on any atom is 0.225 e. The largest absolute Gasteiger partial charge is 0.341 e. The second kappa shape index (κ2) is 6.45. The summed E-state index contributed by atoms with van der Waals surface area (Å²) in [5, 5.41) is -0.469. The first kappa shape index (κ1) is 16.2. The highest BCUT2D eigenvalue weighted by Gasteiger charge is 2.38. The van der Waals surface area contributed by atoms with E-state index in [1.165, 1.54) is 0 Å². The molecule has 0 radical (unpaired) electrons. The van der Waals surface area contributed by atoms with Gasteiger partial charge in [0.05, 0.1) is 5.25 Å². The topological polar surface area (TPSA) is 92.5 Å². The van der Waals surface area contributed by atoms with E-state index in [1.807, 2.05) is 0 Å². The Kier molecular flexibility index (Phi) is 4.75. The van der Waals surface area contributed by atoms with Crippen LogP contribution in [0.15, 0.2) is 0 Å². The average Bonchev–Trinajstić information content (AvgIpc) is 2.99. The molecule has 1 saturated heterocycles. The molecule has 7 heteroatoms. The summed E-state index contributed by atoms with van der Waals surface area (Å²) in [6.07, 6.45) is 7.02. The summed E-state index contributed by atoms with van der Waals surface area (Å²) in [5.41, 5.74) is 5.71. The summed E-state index contributed by atoms with van der Waals surface area (Å²) >= 11 is 0. The maximum absolute atomic E-state index is 12.5. The van der Waals surface area contributed by atoms with Gasteiger partial charge in [0.2, 0.25) is 15.9 Å². The lowest BCUT2D eigenvalue weighted by atomic mass is 9.89. The van der Waals surface area contributed by atoms with Crippen LogP contribution < -0.4 is 10.5 Å². The van der Waals surface area contributed by atoms with Crippen molar-refractivity contribution in [2.45, 2.75) is 68.7 Å². The third-order valence-corrected chi connectivity index (χ3v) is 7.26. The second-order valence-corrected chi connectivity index (χ2v) is 9.11. The molecule has 6 nitrogen and oxygen atoms in total. The van der Waals surface area contributed by atoms with Crippen LogP contribution in [-0.2, 0) is 14.8 Å². The summed E-state index contributed by atoms with van der Waals surface area (Å²) < 4.78 is 27.8. The van der Waals surface area contributed by atoms with Crippen molar-refractivity contribution in [2.24, 2.45) is 11.7 Å². The Morgan fingerprint density at radius 2 is 1.77 bits per heavy atom. The van der Waals surface area contributed by atoms with E-state index in [1.54, 1.807) is 4.90 Å². The number of carbonyl (C=O) groups is 1. The molecular formula is C15H27N3O3S. The Balaban J connectivity index is 1.58. The molecule has 2 saturated carbocycles. The third-order valence-electron chi connectivity index (χ3n) is 5.34. The van der Waals surface area contributed by atoms with Crippen LogP contribution in [0.1, 0.15) is 51.4 Å². The molecule has 0 bridgehead atoms. The van der Waals surface area contributed by atoms with E-state index in [0.29, 0.717) is 19.5 Å². The minimum atomic E-state index is -3.36. The molecule has 2 aliphatic carbocycles. The lowest BCUT2D eigenvalue weighted by Gasteiger charge is -2.37. The van der Waals surface area contributed by atoms with Crippen LogP contribution in [0.25, 0.3) is 0 Å². The molecule has 22 heavy (non-hydrogen) atoms. The van der Waals surface area contributed by atoms with Gasteiger partial charge in [0.25, 0.3) is 0 Å². The highest BCUT2D eigenvalue weighted by atomic mass is 32.2. The van der Waals surface area contributed by atoms with Crippen molar-refractivity contribution in [1.82, 2.24) is 9.62 Å². The van der Waals surface area contributed by atoms with Gasteiger partial charge in [0.15, 0.2) is 0 Å². The van der Waals surface area contributed by atoms with E-state index in [2.05, 4.69) is 4.72 Å². The molecule has 0 aromatic carbocycles. The number of likely N-dealkylation sites (tertiary alicyclic amines) is 1. The summed E-state index contributed by atoms with van der Waals surface area (Å²) in [4.78, 5) is 14.3. The molecule has 126 valence electrons. The van der Waals surface area contributed by atoms with Gasteiger partial charge in [-0.3, -0.25) is 4.79 Å². The highest BCUT2D eigenvalue weighted by molar-refractivity contribution is 7.90. The number of nitrogens with one attached hydrogen (secondary N) is 1. The molecular weight excluding hydrogens is 302 g/mol. The Hall–Kier alpha value is -0.660. The van der Waals surface area contributed by atoms with Crippen molar-refractivity contribution in [3.8, 4) is 0 Å². The number of hydrogen-bond acceptors (Lipinski definition) is 4. The van der Waals surface area contributed by atoms with Crippen LogP contribution in [0.5, 0.6) is 0 Å². The monoisotopic (exact) mass is 329 g/mol. The molecule has 0 spiro atoms. The van der Waals surface area contributed by atoms with Crippen LogP contribution in [0.3, 0.4) is 0 Å². The molecule has 1 aliphatic heterocycles. The Morgan fingerprint density at radius 1 is 1.09 bits per heavy atom. The fourth-order valence-electron chi connectivity index (χ4n) is 3.91. The van der Waals surface area contributed by atoms with E-state index >= 15 is 0 Å². The van der Waals surface area contributed by atoms with Gasteiger partial charge in [-0.2, -0.15) is 0 Å². The van der Waals surface area contributed by atoms with E-state index < -0.39 is 15.3 Å². The highest BCUT2D eigenvalue weighted by Crippen LogP contribution is 2.29. The lowest BCUT2D eigenvalue weighted by molar-refractivity contribution is -0.136. The second-order valence-electron chi connectivity index (χ2n) is 7.12. The maximum atomic E-state index is 12.5. The van der Waals surface area contributed by atoms with Crippen LogP contribution in [0.2, 0.25) is 0 Å². The zero-order chi connectivity index (χ0) is 15.7. The van der Waals surface area contributed by atoms with Crippen LogP contribution in [-0.4, -0.2) is 49.6 Å². The molecule has 3 N–H and O–H groups in total. The quantitative estimate of drug-likeness (QED) is 0.789. The molecule has 3 rings (SSSR count). The Labute approximate surface area is 132 Å². The van der Waals surface area contributed by atoms with E-state index in [4.69, 9.17) is 5.73 Å². The summed E-state index contributed by atoms with van der Waals surface area (Å²) in [7, 11) is -3.36. The molecule has 0 aromatic heterocycles. The van der Waals surface area contributed by atoms with Gasteiger partial charge in [0.1, 0.15) is 0 Å². The normalized spacial score (nSPS) is 33.7. The van der Waals surface area contributed by atoms with Crippen molar-refractivity contribution in [3.63, 3.8) is 0 Å². The molecule has 1 atom stereocenters. The van der Waals surface area contributed by atoms with Crippen molar-refractivity contribution < 1.29 is 13.2 Å². The predicted molar refractivity (Wildman–Crippen MR) is 84.6 cm³/mol. The molecule has 1 unspecified atom stereocenters. The van der Waals surface area contributed by atoms with Crippen LogP contribution in [0.4, 0.5) is 0 Å². The van der Waals surface area contributed by atoms with Gasteiger partial charge >= 0.3 is 0 Å². The summed E-state index contributed by atoms with van der Waals surface area (Å²) in [6.45, 7) is 1.05. The summed E-state index contributed by atoms with van der Waals surface area (Å²) in [6, 6.07) is 0.111. The van der Waals surface area contributed by atoms with E-state index in [0.717, 1.165) is 44.9 Å². The Morgan fingerprint density at radius 3 is 2.41 bits per heavy atom. The van der Waals surface area contributed by atoms with Gasteiger partial charge in [-0.15, -0.1) is 0 Å². The molecule has 1 amide bonds. The predicted octanol–water partition coefficient (Wildman–Crippen LogP) is 0.577. The third kappa shape index (κ3) is 3.46. The zero-order valence-corrected chi connectivity index (χ0v) is 13.9. The van der Waals surface area contributed by atoms with Crippen LogP contribution in [0, 0.1) is 5.92 Å². The smallest absolute Gasteiger partial charge is 0.225 e. The lowest BCUT2D eigenvalue weighted by Crippen LogP contribution is -2.55. The number of rotatable bonds is 4. The number of nitrogens with zero attached hydrogens (tertiary/aromatic N) is 1. The van der Waals surface area contributed by atoms with Gasteiger partial charge in [-0.1, -0.05) is 12.8 Å². The van der Waals surface area contributed by atoms with Gasteiger partial charge in [-0.05, 0) is 38.5 Å². The number of nitrogens with two attached hydrogens (primary N) is 1. The van der Waals surface area contributed by atoms with E-state index in [-0.39, 0.29) is 23.9 Å². The number of sulfonamides is 1. The van der Waals surface area contributed by atoms with Crippen molar-refractivity contribution in [1.29, 1.82) is 0 Å². The SMILES string of the molecule is NC1CC(NS(=O)(=O)C2CCCN(C(=O)C3CCCC3)C2)C1. The molecule has 0 aromatic rings. The minimum absolute atomic E-state index is 0.0130. The summed E-state index contributed by atoms with van der Waals surface area (Å²) in [5.74, 6) is 0.294. The van der Waals surface area contributed by atoms with Gasteiger partial charge in [0, 0.05) is 31.1 Å². The number of carbonyl (C=O) groups excluding carboxylic acids is 1. The molecule has 3 aliphatic rings. The minimum Gasteiger partial charge on any atom is -0.341 e. The first-order valence-corrected chi connectivity index (χ1v) is 10.1. The van der Waals surface area contributed by atoms with Crippen molar-refractivity contribution in [2.75, 3.05) is 13.1 Å². The van der Waals surface area contributed by atoms with Crippen molar-refractivity contribution >= 4 is 15.9 Å². The van der Waals surface area contributed by atoms with Crippen LogP contribution >= 0.6 is 0 Å². The molecule has 3 fully saturated rings. The average molecular weight is 329 g/mol. The van der Waals surface area contributed by atoms with Crippen molar-refractivity contribution in [3.05, 3.63) is 0 Å². The zero-order valence-electron chi connectivity index (χ0n) is 13.0. The number of amides is 1. The number of hydrogen-bond donors (Lipinski definition) is 2. The molecule has 1 heterocycles. The van der Waals surface area contributed by atoms with Gasteiger partial charge < -0.3 is 10.6 Å².